The average Bonchev–Trinajstić information content (AvgIpc) is 2.46. The number of anilines is 1. The second-order valence-electron chi connectivity index (χ2n) is 4.78. The minimum Gasteiger partial charge on any atom is -0.466 e. The molecule has 0 N–H and O–H groups in total. The Bertz CT molecular complexity index is 661. The van der Waals surface area contributed by atoms with E-state index in [1.807, 2.05) is 31.2 Å². The number of carbonyl (C=O) groups excluding carboxylic acids is 2. The van der Waals surface area contributed by atoms with E-state index >= 15 is 0 Å². The maximum absolute atomic E-state index is 12.1. The first-order chi connectivity index (χ1) is 9.60. The van der Waals surface area contributed by atoms with Crippen molar-refractivity contribution in [2.45, 2.75) is 13.3 Å². The van der Waals surface area contributed by atoms with E-state index < -0.39 is 5.97 Å². The summed E-state index contributed by atoms with van der Waals surface area (Å²) in [6.07, 6.45) is 5.31. The monoisotopic (exact) mass is 270 g/mol. The van der Waals surface area contributed by atoms with Crippen molar-refractivity contribution in [1.82, 2.24) is 5.01 Å². The number of hydrogen-bond donors (Lipinski definition) is 0. The van der Waals surface area contributed by atoms with Gasteiger partial charge in [-0.05, 0) is 24.6 Å². The molecular formula is C15H14N2O3. The van der Waals surface area contributed by atoms with E-state index in [0.717, 1.165) is 16.8 Å². The standard InChI is InChI=1S/C15H14N2O3/c1-10-3-4-11-5-6-16-14(18)8-12(15(19)20-2)9-17(16)13(11)7-10/h3-7,9H,8H2,1-2H3. The van der Waals surface area contributed by atoms with Crippen molar-refractivity contribution in [3.63, 3.8) is 0 Å². The maximum Gasteiger partial charge on any atom is 0.335 e. The van der Waals surface area contributed by atoms with Crippen molar-refractivity contribution in [2.24, 2.45) is 0 Å². The van der Waals surface area contributed by atoms with Gasteiger partial charge in [-0.15, -0.1) is 0 Å². The predicted octanol–water partition coefficient (Wildman–Crippen LogP) is 1.99. The Morgan fingerprint density at radius 2 is 2.10 bits per heavy atom. The summed E-state index contributed by atoms with van der Waals surface area (Å²) >= 11 is 0. The first-order valence-electron chi connectivity index (χ1n) is 6.29. The lowest BCUT2D eigenvalue weighted by molar-refractivity contribution is -0.138. The fourth-order valence-corrected chi connectivity index (χ4v) is 2.36. The predicted molar refractivity (Wildman–Crippen MR) is 74.3 cm³/mol. The molecular weight excluding hydrogens is 256 g/mol. The molecule has 0 aliphatic carbocycles. The van der Waals surface area contributed by atoms with Gasteiger partial charge in [0.1, 0.15) is 0 Å². The summed E-state index contributed by atoms with van der Waals surface area (Å²) in [6, 6.07) is 5.98. The Labute approximate surface area is 116 Å². The first-order valence-corrected chi connectivity index (χ1v) is 6.29. The molecule has 1 aromatic carbocycles. The van der Waals surface area contributed by atoms with Gasteiger partial charge in [0.05, 0.1) is 24.8 Å². The molecule has 0 aromatic heterocycles. The number of fused-ring (bicyclic) bond motifs is 3. The molecule has 1 aromatic rings. The Hall–Kier alpha value is -2.56. The fourth-order valence-electron chi connectivity index (χ4n) is 2.36. The second kappa shape index (κ2) is 4.52. The molecule has 0 fully saturated rings. The largest absolute Gasteiger partial charge is 0.466 e. The van der Waals surface area contributed by atoms with Crippen molar-refractivity contribution in [3.05, 3.63) is 47.3 Å². The maximum atomic E-state index is 12.1. The van der Waals surface area contributed by atoms with Crippen LogP contribution in [0.25, 0.3) is 6.08 Å². The third-order valence-electron chi connectivity index (χ3n) is 3.38. The van der Waals surface area contributed by atoms with E-state index in [4.69, 9.17) is 4.74 Å². The smallest absolute Gasteiger partial charge is 0.335 e. The molecule has 1 amide bonds. The zero-order valence-corrected chi connectivity index (χ0v) is 11.3. The van der Waals surface area contributed by atoms with E-state index in [2.05, 4.69) is 0 Å². The van der Waals surface area contributed by atoms with Crippen molar-refractivity contribution in [1.29, 1.82) is 0 Å². The zero-order chi connectivity index (χ0) is 14.3. The van der Waals surface area contributed by atoms with Gasteiger partial charge in [0.2, 0.25) is 5.91 Å². The summed E-state index contributed by atoms with van der Waals surface area (Å²) in [5.41, 5.74) is 3.32. The van der Waals surface area contributed by atoms with Crippen LogP contribution in [0.5, 0.6) is 0 Å². The highest BCUT2D eigenvalue weighted by Crippen LogP contribution is 2.33. The fraction of sp³-hybridized carbons (Fsp3) is 0.200. The van der Waals surface area contributed by atoms with Gasteiger partial charge in [0.15, 0.2) is 0 Å². The Morgan fingerprint density at radius 3 is 2.85 bits per heavy atom. The molecule has 102 valence electrons. The van der Waals surface area contributed by atoms with Crippen LogP contribution in [0.2, 0.25) is 0 Å². The summed E-state index contributed by atoms with van der Waals surface area (Å²) in [5, 5.41) is 3.20. The summed E-state index contributed by atoms with van der Waals surface area (Å²) < 4.78 is 4.71. The van der Waals surface area contributed by atoms with Crippen molar-refractivity contribution < 1.29 is 14.3 Å². The van der Waals surface area contributed by atoms with E-state index in [0.29, 0.717) is 5.57 Å². The highest BCUT2D eigenvalue weighted by molar-refractivity contribution is 5.99. The van der Waals surface area contributed by atoms with Gasteiger partial charge in [0.25, 0.3) is 0 Å². The molecule has 2 aliphatic heterocycles. The summed E-state index contributed by atoms with van der Waals surface area (Å²) in [4.78, 5) is 23.8. The number of methoxy groups -OCH3 is 1. The van der Waals surface area contributed by atoms with Gasteiger partial charge in [-0.3, -0.25) is 9.80 Å². The van der Waals surface area contributed by atoms with Gasteiger partial charge in [-0.2, -0.15) is 0 Å². The molecule has 5 heteroatoms. The van der Waals surface area contributed by atoms with Gasteiger partial charge in [-0.25, -0.2) is 9.80 Å². The van der Waals surface area contributed by atoms with Crippen LogP contribution in [0.4, 0.5) is 5.69 Å². The van der Waals surface area contributed by atoms with E-state index in [9.17, 15) is 9.59 Å². The van der Waals surface area contributed by atoms with Crippen molar-refractivity contribution >= 4 is 23.6 Å². The van der Waals surface area contributed by atoms with E-state index in [1.165, 1.54) is 12.1 Å². The van der Waals surface area contributed by atoms with Crippen LogP contribution in [0.1, 0.15) is 17.5 Å². The van der Waals surface area contributed by atoms with Crippen molar-refractivity contribution in [2.75, 3.05) is 12.1 Å². The van der Waals surface area contributed by atoms with Crippen LogP contribution in [0, 0.1) is 6.92 Å². The summed E-state index contributed by atoms with van der Waals surface area (Å²) in [6.45, 7) is 1.99. The number of nitrogens with zero attached hydrogens (tertiary/aromatic N) is 2. The van der Waals surface area contributed by atoms with Gasteiger partial charge in [0, 0.05) is 18.0 Å². The molecule has 20 heavy (non-hydrogen) atoms. The Balaban J connectivity index is 2.11. The Kier molecular flexibility index (Phi) is 2.82. The molecule has 2 aliphatic rings. The number of hydrogen-bond acceptors (Lipinski definition) is 4. The van der Waals surface area contributed by atoms with Gasteiger partial charge < -0.3 is 4.74 Å². The molecule has 0 atom stereocenters. The van der Waals surface area contributed by atoms with Gasteiger partial charge in [-0.1, -0.05) is 12.1 Å². The topological polar surface area (TPSA) is 49.9 Å². The lowest BCUT2D eigenvalue weighted by atomic mass is 10.1. The number of benzene rings is 1. The van der Waals surface area contributed by atoms with Crippen LogP contribution < -0.4 is 5.01 Å². The van der Waals surface area contributed by atoms with Crippen LogP contribution in [0.3, 0.4) is 0 Å². The lowest BCUT2D eigenvalue weighted by Gasteiger charge is -2.38. The lowest BCUT2D eigenvalue weighted by Crippen LogP contribution is -2.45. The summed E-state index contributed by atoms with van der Waals surface area (Å²) in [5.74, 6) is -0.627. The minimum atomic E-state index is -0.471. The number of esters is 1. The number of aryl methyl sites for hydroxylation is 1. The molecule has 3 rings (SSSR count). The van der Waals surface area contributed by atoms with Gasteiger partial charge >= 0.3 is 5.97 Å². The molecule has 2 heterocycles. The zero-order valence-electron chi connectivity index (χ0n) is 11.3. The van der Waals surface area contributed by atoms with Crippen molar-refractivity contribution in [3.8, 4) is 0 Å². The number of ether oxygens (including phenoxy) is 1. The van der Waals surface area contributed by atoms with E-state index in [-0.39, 0.29) is 12.3 Å². The van der Waals surface area contributed by atoms with Crippen LogP contribution in [0.15, 0.2) is 36.2 Å². The molecule has 0 spiro atoms. The molecule has 0 bridgehead atoms. The molecule has 0 saturated heterocycles. The number of amides is 1. The number of carbonyl (C=O) groups is 2. The normalized spacial score (nSPS) is 16.5. The molecule has 0 saturated carbocycles. The van der Waals surface area contributed by atoms with Crippen LogP contribution in [-0.2, 0) is 14.3 Å². The van der Waals surface area contributed by atoms with Crippen LogP contribution >= 0.6 is 0 Å². The summed E-state index contributed by atoms with van der Waals surface area (Å²) in [7, 11) is 1.31. The molecule has 0 unspecified atom stereocenters. The first kappa shape index (κ1) is 12.5. The van der Waals surface area contributed by atoms with Crippen LogP contribution in [-0.4, -0.2) is 24.0 Å². The third-order valence-corrected chi connectivity index (χ3v) is 3.38. The molecule has 5 nitrogen and oxygen atoms in total. The SMILES string of the molecule is COC(=O)C1=CN2c3cc(C)ccc3C=CN2C(=O)C1. The minimum absolute atomic E-state index is 0.0503. The third kappa shape index (κ3) is 1.87. The molecule has 0 radical (unpaired) electrons. The highest BCUT2D eigenvalue weighted by Gasteiger charge is 2.31. The number of hydrazine groups is 1. The number of rotatable bonds is 1. The highest BCUT2D eigenvalue weighted by atomic mass is 16.5. The average molecular weight is 270 g/mol. The Morgan fingerprint density at radius 1 is 1.30 bits per heavy atom. The quantitative estimate of drug-likeness (QED) is 0.732. The second-order valence-corrected chi connectivity index (χ2v) is 4.78. The van der Waals surface area contributed by atoms with E-state index in [1.54, 1.807) is 17.4 Å².